The molecule has 0 aromatic heterocycles. The van der Waals surface area contributed by atoms with Crippen LogP contribution in [0.2, 0.25) is 0 Å². The maximum Gasteiger partial charge on any atom is 0.573 e. The summed E-state index contributed by atoms with van der Waals surface area (Å²) in [7, 11) is 0. The standard InChI is InChI=1S/C19H16F5N3O3/c20-13-7-12(8-14(21)10-13)18(29)27-5-3-26(4-6-27)17(28)11-1-2-15(25)16(9-11)30-19(22,23)24/h1-2,7-10H,3-6,25H2. The fourth-order valence-electron chi connectivity index (χ4n) is 3.04. The van der Waals surface area contributed by atoms with Gasteiger partial charge in [0.2, 0.25) is 0 Å². The van der Waals surface area contributed by atoms with Gasteiger partial charge < -0.3 is 20.3 Å². The average molecular weight is 429 g/mol. The van der Waals surface area contributed by atoms with Crippen molar-refractivity contribution in [2.24, 2.45) is 0 Å². The van der Waals surface area contributed by atoms with E-state index in [-0.39, 0.29) is 43.0 Å². The molecular formula is C19H16F5N3O3. The molecule has 2 N–H and O–H groups in total. The molecule has 160 valence electrons. The highest BCUT2D eigenvalue weighted by Gasteiger charge is 2.33. The molecule has 0 spiro atoms. The lowest BCUT2D eigenvalue weighted by atomic mass is 10.1. The molecule has 6 nitrogen and oxygen atoms in total. The topological polar surface area (TPSA) is 75.9 Å². The van der Waals surface area contributed by atoms with Gasteiger partial charge in [0.15, 0.2) is 5.75 Å². The van der Waals surface area contributed by atoms with Crippen LogP contribution in [0.15, 0.2) is 36.4 Å². The Morgan fingerprint density at radius 2 is 1.33 bits per heavy atom. The van der Waals surface area contributed by atoms with E-state index in [1.54, 1.807) is 0 Å². The Balaban J connectivity index is 1.67. The van der Waals surface area contributed by atoms with Crippen molar-refractivity contribution in [3.05, 3.63) is 59.2 Å². The molecule has 0 aliphatic carbocycles. The molecule has 1 aliphatic rings. The molecule has 0 atom stereocenters. The highest BCUT2D eigenvalue weighted by Crippen LogP contribution is 2.29. The van der Waals surface area contributed by atoms with Crippen LogP contribution in [0.4, 0.5) is 27.6 Å². The molecular weight excluding hydrogens is 413 g/mol. The van der Waals surface area contributed by atoms with Gasteiger partial charge in [0.25, 0.3) is 11.8 Å². The maximum absolute atomic E-state index is 13.3. The van der Waals surface area contributed by atoms with Crippen LogP contribution in [0.25, 0.3) is 0 Å². The van der Waals surface area contributed by atoms with Crippen molar-refractivity contribution in [2.45, 2.75) is 6.36 Å². The molecule has 2 aromatic rings. The summed E-state index contributed by atoms with van der Waals surface area (Å²) in [6, 6.07) is 5.79. The quantitative estimate of drug-likeness (QED) is 0.601. The summed E-state index contributed by atoms with van der Waals surface area (Å²) in [5, 5.41) is 0. The third kappa shape index (κ3) is 4.97. The number of nitrogens with two attached hydrogens (primary N) is 1. The summed E-state index contributed by atoms with van der Waals surface area (Å²) in [6.45, 7) is 0.345. The minimum Gasteiger partial charge on any atom is -0.404 e. The maximum atomic E-state index is 13.3. The first kappa shape index (κ1) is 21.3. The van der Waals surface area contributed by atoms with Crippen molar-refractivity contribution in [3.8, 4) is 5.75 Å². The molecule has 1 heterocycles. The summed E-state index contributed by atoms with van der Waals surface area (Å²) in [5.74, 6) is -3.60. The Bertz CT molecular complexity index is 952. The van der Waals surface area contributed by atoms with Crippen LogP contribution >= 0.6 is 0 Å². The zero-order chi connectivity index (χ0) is 22.1. The first-order valence-corrected chi connectivity index (χ1v) is 8.73. The Morgan fingerprint density at radius 1 is 0.833 bits per heavy atom. The Labute approximate surface area is 167 Å². The zero-order valence-electron chi connectivity index (χ0n) is 15.4. The smallest absolute Gasteiger partial charge is 0.404 e. The molecule has 11 heteroatoms. The number of carbonyl (C=O) groups excluding carboxylic acids is 2. The van der Waals surface area contributed by atoms with Gasteiger partial charge in [0.05, 0.1) is 5.69 Å². The Kier molecular flexibility index (Phi) is 5.81. The number of benzene rings is 2. The molecule has 0 saturated carbocycles. The van der Waals surface area contributed by atoms with Gasteiger partial charge in [-0.15, -0.1) is 13.2 Å². The molecule has 2 amide bonds. The second kappa shape index (κ2) is 8.17. The number of piperazine rings is 1. The molecule has 0 radical (unpaired) electrons. The van der Waals surface area contributed by atoms with E-state index in [1.165, 1.54) is 15.9 Å². The lowest BCUT2D eigenvalue weighted by Gasteiger charge is -2.35. The van der Waals surface area contributed by atoms with Crippen LogP contribution in [0.3, 0.4) is 0 Å². The molecule has 30 heavy (non-hydrogen) atoms. The normalized spacial score (nSPS) is 14.6. The number of nitrogen functional groups attached to an aromatic ring is 1. The van der Waals surface area contributed by atoms with Crippen LogP contribution in [-0.2, 0) is 0 Å². The van der Waals surface area contributed by atoms with Gasteiger partial charge in [0.1, 0.15) is 11.6 Å². The summed E-state index contributed by atoms with van der Waals surface area (Å²) < 4.78 is 67.8. The number of hydrogen-bond acceptors (Lipinski definition) is 4. The van der Waals surface area contributed by atoms with Crippen molar-refractivity contribution < 1.29 is 36.3 Å². The highest BCUT2D eigenvalue weighted by atomic mass is 19.4. The van der Waals surface area contributed by atoms with Gasteiger partial charge in [0, 0.05) is 43.4 Å². The number of amides is 2. The van der Waals surface area contributed by atoms with E-state index in [4.69, 9.17) is 5.73 Å². The molecule has 0 unspecified atom stereocenters. The minimum absolute atomic E-state index is 0.0598. The van der Waals surface area contributed by atoms with Gasteiger partial charge in [-0.3, -0.25) is 9.59 Å². The van der Waals surface area contributed by atoms with E-state index in [1.807, 2.05) is 0 Å². The second-order valence-electron chi connectivity index (χ2n) is 6.54. The van der Waals surface area contributed by atoms with Crippen LogP contribution in [0.5, 0.6) is 5.75 Å². The lowest BCUT2D eigenvalue weighted by Crippen LogP contribution is -2.50. The van der Waals surface area contributed by atoms with Gasteiger partial charge >= 0.3 is 6.36 Å². The van der Waals surface area contributed by atoms with Crippen molar-refractivity contribution in [1.29, 1.82) is 0 Å². The first-order valence-electron chi connectivity index (χ1n) is 8.73. The second-order valence-corrected chi connectivity index (χ2v) is 6.54. The summed E-state index contributed by atoms with van der Waals surface area (Å²) in [4.78, 5) is 27.7. The van der Waals surface area contributed by atoms with Crippen molar-refractivity contribution in [3.63, 3.8) is 0 Å². The van der Waals surface area contributed by atoms with E-state index < -0.39 is 35.6 Å². The number of nitrogens with zero attached hydrogens (tertiary/aromatic N) is 2. The Morgan fingerprint density at radius 3 is 1.83 bits per heavy atom. The van der Waals surface area contributed by atoms with Crippen molar-refractivity contribution in [2.75, 3.05) is 31.9 Å². The fraction of sp³-hybridized carbons (Fsp3) is 0.263. The number of rotatable bonds is 3. The fourth-order valence-corrected chi connectivity index (χ4v) is 3.04. The predicted octanol–water partition coefficient (Wildman–Crippen LogP) is 3.04. The summed E-state index contributed by atoms with van der Waals surface area (Å²) in [5.41, 5.74) is 4.97. The number of alkyl halides is 3. The molecule has 1 saturated heterocycles. The van der Waals surface area contributed by atoms with Crippen LogP contribution in [0, 0.1) is 11.6 Å². The lowest BCUT2D eigenvalue weighted by molar-refractivity contribution is -0.274. The van der Waals surface area contributed by atoms with Crippen LogP contribution < -0.4 is 10.5 Å². The van der Waals surface area contributed by atoms with Crippen molar-refractivity contribution in [1.82, 2.24) is 9.80 Å². The summed E-state index contributed by atoms with van der Waals surface area (Å²) >= 11 is 0. The van der Waals surface area contributed by atoms with Gasteiger partial charge in [-0.1, -0.05) is 0 Å². The van der Waals surface area contributed by atoms with Gasteiger partial charge in [-0.25, -0.2) is 8.78 Å². The predicted molar refractivity (Wildman–Crippen MR) is 95.7 cm³/mol. The minimum atomic E-state index is -4.96. The van der Waals surface area contributed by atoms with Crippen molar-refractivity contribution >= 4 is 17.5 Å². The largest absolute Gasteiger partial charge is 0.573 e. The van der Waals surface area contributed by atoms with E-state index >= 15 is 0 Å². The summed E-state index contributed by atoms with van der Waals surface area (Å²) in [6.07, 6.45) is -4.96. The van der Waals surface area contributed by atoms with Crippen LogP contribution in [-0.4, -0.2) is 54.2 Å². The van der Waals surface area contributed by atoms with E-state index in [0.29, 0.717) is 6.07 Å². The number of anilines is 1. The van der Waals surface area contributed by atoms with Crippen LogP contribution in [0.1, 0.15) is 20.7 Å². The third-order valence-corrected chi connectivity index (χ3v) is 4.45. The van der Waals surface area contributed by atoms with Gasteiger partial charge in [-0.05, 0) is 30.3 Å². The number of halogens is 5. The third-order valence-electron chi connectivity index (χ3n) is 4.45. The number of ether oxygens (including phenoxy) is 1. The molecule has 3 rings (SSSR count). The number of carbonyl (C=O) groups is 2. The number of hydrogen-bond donors (Lipinski definition) is 1. The monoisotopic (exact) mass is 429 g/mol. The van der Waals surface area contributed by atoms with E-state index in [2.05, 4.69) is 4.74 Å². The molecule has 1 fully saturated rings. The van der Waals surface area contributed by atoms with E-state index in [0.717, 1.165) is 24.3 Å². The molecule has 0 bridgehead atoms. The van der Waals surface area contributed by atoms with E-state index in [9.17, 15) is 31.5 Å². The molecule has 1 aliphatic heterocycles. The Hall–Kier alpha value is -3.37. The first-order chi connectivity index (χ1) is 14.0. The SMILES string of the molecule is Nc1ccc(C(=O)N2CCN(C(=O)c3cc(F)cc(F)c3)CC2)cc1OC(F)(F)F. The average Bonchev–Trinajstić information content (AvgIpc) is 2.67. The highest BCUT2D eigenvalue weighted by molar-refractivity contribution is 5.96. The molecule has 2 aromatic carbocycles. The zero-order valence-corrected chi connectivity index (χ0v) is 15.4. The van der Waals surface area contributed by atoms with Gasteiger partial charge in [-0.2, -0.15) is 0 Å².